The van der Waals surface area contributed by atoms with Gasteiger partial charge in [0.05, 0.1) is 17.6 Å². The van der Waals surface area contributed by atoms with Crippen molar-refractivity contribution in [2.75, 3.05) is 0 Å². The topological polar surface area (TPSA) is 107 Å². The van der Waals surface area contributed by atoms with Crippen molar-refractivity contribution in [1.82, 2.24) is 10.2 Å². The molecule has 1 aliphatic heterocycles. The molecule has 0 bridgehead atoms. The van der Waals surface area contributed by atoms with Gasteiger partial charge in [-0.15, -0.1) is 0 Å². The van der Waals surface area contributed by atoms with E-state index >= 15 is 0 Å². The number of rotatable bonds is 4. The molecular formula is C14H18N4O2. The Balaban J connectivity index is 2.00. The first-order chi connectivity index (χ1) is 9.54. The third-order valence-corrected chi connectivity index (χ3v) is 3.54. The van der Waals surface area contributed by atoms with Crippen LogP contribution in [0.1, 0.15) is 24.6 Å². The van der Waals surface area contributed by atoms with Gasteiger partial charge in [-0.25, -0.2) is 0 Å². The number of amides is 1. The van der Waals surface area contributed by atoms with Gasteiger partial charge in [0.1, 0.15) is 11.9 Å². The molecule has 0 radical (unpaired) electrons. The predicted molar refractivity (Wildman–Crippen MR) is 75.4 cm³/mol. The summed E-state index contributed by atoms with van der Waals surface area (Å²) in [7, 11) is 0. The van der Waals surface area contributed by atoms with E-state index in [1.165, 1.54) is 0 Å². The highest BCUT2D eigenvalue weighted by Gasteiger charge is 2.28. The van der Waals surface area contributed by atoms with Gasteiger partial charge in [0.2, 0.25) is 5.91 Å². The van der Waals surface area contributed by atoms with Crippen LogP contribution in [0, 0.1) is 0 Å². The Bertz CT molecular complexity index is 662. The Morgan fingerprint density at radius 1 is 1.60 bits per heavy atom. The fourth-order valence-corrected chi connectivity index (χ4v) is 2.79. The number of aromatic nitrogens is 2. The molecule has 2 heterocycles. The van der Waals surface area contributed by atoms with E-state index in [2.05, 4.69) is 10.2 Å². The van der Waals surface area contributed by atoms with Crippen molar-refractivity contribution < 1.29 is 9.53 Å². The molecular weight excluding hydrogens is 256 g/mol. The number of primary amides is 1. The summed E-state index contributed by atoms with van der Waals surface area (Å²) < 4.78 is 5.78. The number of nitrogens with zero attached hydrogens (tertiary/aromatic N) is 1. The zero-order valence-corrected chi connectivity index (χ0v) is 11.3. The highest BCUT2D eigenvalue weighted by Crippen LogP contribution is 2.36. The first-order valence-corrected chi connectivity index (χ1v) is 6.74. The molecule has 2 atom stereocenters. The summed E-state index contributed by atoms with van der Waals surface area (Å²) in [5, 5.41) is 8.45. The largest absolute Gasteiger partial charge is 0.489 e. The van der Waals surface area contributed by atoms with Crippen molar-refractivity contribution in [2.24, 2.45) is 11.5 Å². The van der Waals surface area contributed by atoms with Gasteiger partial charge in [0.25, 0.3) is 0 Å². The van der Waals surface area contributed by atoms with Crippen LogP contribution in [-0.2, 0) is 17.6 Å². The highest BCUT2D eigenvalue weighted by atomic mass is 16.5. The lowest BCUT2D eigenvalue weighted by Crippen LogP contribution is -2.23. The third kappa shape index (κ3) is 2.22. The molecule has 0 spiro atoms. The van der Waals surface area contributed by atoms with Gasteiger partial charge in [0, 0.05) is 29.8 Å². The number of fused-ring (bicyclic) bond motifs is 3. The smallest absolute Gasteiger partial charge is 0.221 e. The number of ether oxygens (including phenoxy) is 1. The number of aromatic amines is 1. The van der Waals surface area contributed by atoms with Crippen LogP contribution in [0.25, 0.3) is 10.9 Å². The number of hydrogen-bond donors (Lipinski definition) is 3. The Kier molecular flexibility index (Phi) is 3.10. The van der Waals surface area contributed by atoms with E-state index in [9.17, 15) is 4.79 Å². The molecule has 3 rings (SSSR count). The van der Waals surface area contributed by atoms with Crippen LogP contribution in [0.5, 0.6) is 5.75 Å². The van der Waals surface area contributed by atoms with Crippen molar-refractivity contribution in [1.29, 1.82) is 0 Å². The molecule has 0 aliphatic carbocycles. The Hall–Kier alpha value is -2.08. The third-order valence-electron chi connectivity index (χ3n) is 3.54. The van der Waals surface area contributed by atoms with Crippen LogP contribution in [0.4, 0.5) is 0 Å². The van der Waals surface area contributed by atoms with E-state index < -0.39 is 0 Å². The molecule has 106 valence electrons. The second-order valence-corrected chi connectivity index (χ2v) is 5.43. The molecule has 0 unspecified atom stereocenters. The molecule has 6 heteroatoms. The van der Waals surface area contributed by atoms with Crippen LogP contribution in [0.3, 0.4) is 0 Å². The van der Waals surface area contributed by atoms with Crippen molar-refractivity contribution in [3.63, 3.8) is 0 Å². The number of nitrogens with two attached hydrogens (primary N) is 2. The van der Waals surface area contributed by atoms with E-state index in [0.717, 1.165) is 27.9 Å². The Labute approximate surface area is 116 Å². The average Bonchev–Trinajstić information content (AvgIpc) is 2.90. The van der Waals surface area contributed by atoms with Crippen LogP contribution in [0.15, 0.2) is 12.1 Å². The zero-order chi connectivity index (χ0) is 14.3. The normalized spacial score (nSPS) is 18.8. The van der Waals surface area contributed by atoms with E-state index in [0.29, 0.717) is 12.8 Å². The standard InChI is InChI=1S/C14H18N4O2/c1-7(15)4-11-14-9-5-8(6-13(16)19)20-12(9)3-2-10(14)17-18-11/h2-3,7-8H,4-6,15H2,1H3,(H2,16,19)(H,17,18)/t7-,8-/m0/s1. The number of H-pyrrole nitrogens is 1. The molecule has 0 saturated heterocycles. The van der Waals surface area contributed by atoms with Gasteiger partial charge in [-0.2, -0.15) is 5.10 Å². The van der Waals surface area contributed by atoms with E-state index in [1.807, 2.05) is 19.1 Å². The van der Waals surface area contributed by atoms with Gasteiger partial charge in [-0.3, -0.25) is 9.89 Å². The SMILES string of the molecule is C[C@H](N)Cc1n[nH]c2ccc3c(c12)C[C@@H](CC(N)=O)O3. The molecule has 6 nitrogen and oxygen atoms in total. The minimum absolute atomic E-state index is 0.0427. The second-order valence-electron chi connectivity index (χ2n) is 5.43. The van der Waals surface area contributed by atoms with E-state index in [1.54, 1.807) is 0 Å². The molecule has 1 aromatic carbocycles. The highest BCUT2D eigenvalue weighted by molar-refractivity contribution is 5.88. The maximum Gasteiger partial charge on any atom is 0.221 e. The summed E-state index contributed by atoms with van der Waals surface area (Å²) in [5.74, 6) is 0.470. The molecule has 1 aromatic heterocycles. The lowest BCUT2D eigenvalue weighted by molar-refractivity contribution is -0.119. The monoisotopic (exact) mass is 274 g/mol. The van der Waals surface area contributed by atoms with Gasteiger partial charge < -0.3 is 16.2 Å². The zero-order valence-electron chi connectivity index (χ0n) is 11.3. The number of nitrogens with one attached hydrogen (secondary N) is 1. The van der Waals surface area contributed by atoms with E-state index in [4.69, 9.17) is 16.2 Å². The lowest BCUT2D eigenvalue weighted by Gasteiger charge is -2.06. The maximum atomic E-state index is 11.0. The maximum absolute atomic E-state index is 11.0. The van der Waals surface area contributed by atoms with Crippen LogP contribution in [0.2, 0.25) is 0 Å². The summed E-state index contributed by atoms with van der Waals surface area (Å²) in [6.07, 6.45) is 1.44. The summed E-state index contributed by atoms with van der Waals surface area (Å²) in [4.78, 5) is 11.0. The average molecular weight is 274 g/mol. The number of hydrogen-bond acceptors (Lipinski definition) is 4. The molecule has 5 N–H and O–H groups in total. The van der Waals surface area contributed by atoms with Gasteiger partial charge in [0.15, 0.2) is 0 Å². The quantitative estimate of drug-likeness (QED) is 0.760. The molecule has 1 amide bonds. The van der Waals surface area contributed by atoms with Gasteiger partial charge in [-0.05, 0) is 19.1 Å². The van der Waals surface area contributed by atoms with Crippen molar-refractivity contribution in [3.8, 4) is 5.75 Å². The van der Waals surface area contributed by atoms with Crippen molar-refractivity contribution in [3.05, 3.63) is 23.4 Å². The van der Waals surface area contributed by atoms with Crippen molar-refractivity contribution >= 4 is 16.8 Å². The minimum Gasteiger partial charge on any atom is -0.489 e. The lowest BCUT2D eigenvalue weighted by atomic mass is 10.00. The number of carbonyl (C=O) groups is 1. The number of carbonyl (C=O) groups excluding carboxylic acids is 1. The van der Waals surface area contributed by atoms with Crippen LogP contribution >= 0.6 is 0 Å². The second kappa shape index (κ2) is 4.79. The Morgan fingerprint density at radius 3 is 3.10 bits per heavy atom. The molecule has 0 fully saturated rings. The predicted octanol–water partition coefficient (Wildman–Crippen LogP) is 0.631. The summed E-state index contributed by atoms with van der Waals surface area (Å²) in [6, 6.07) is 3.89. The number of benzene rings is 1. The summed E-state index contributed by atoms with van der Waals surface area (Å²) >= 11 is 0. The van der Waals surface area contributed by atoms with E-state index in [-0.39, 0.29) is 24.5 Å². The van der Waals surface area contributed by atoms with Gasteiger partial charge >= 0.3 is 0 Å². The summed E-state index contributed by atoms with van der Waals surface area (Å²) in [6.45, 7) is 1.95. The first kappa shape index (κ1) is 12.9. The van der Waals surface area contributed by atoms with Crippen molar-refractivity contribution in [2.45, 2.75) is 38.3 Å². The molecule has 20 heavy (non-hydrogen) atoms. The first-order valence-electron chi connectivity index (χ1n) is 6.74. The molecule has 0 saturated carbocycles. The van der Waals surface area contributed by atoms with Crippen LogP contribution < -0.4 is 16.2 Å². The summed E-state index contributed by atoms with van der Waals surface area (Å²) in [5.41, 5.74) is 14.1. The van der Waals surface area contributed by atoms with Gasteiger partial charge in [-0.1, -0.05) is 0 Å². The van der Waals surface area contributed by atoms with Crippen LogP contribution in [-0.4, -0.2) is 28.3 Å². The Morgan fingerprint density at radius 2 is 2.40 bits per heavy atom. The fraction of sp³-hybridized carbons (Fsp3) is 0.429. The minimum atomic E-state index is -0.345. The molecule has 2 aromatic rings. The molecule has 1 aliphatic rings. The fourth-order valence-electron chi connectivity index (χ4n) is 2.79.